The van der Waals surface area contributed by atoms with Gasteiger partial charge in [0, 0.05) is 45.1 Å². The fourth-order valence-electron chi connectivity index (χ4n) is 7.58. The Bertz CT molecular complexity index is 1250. The monoisotopic (exact) mass is 493 g/mol. The molecule has 7 rings (SSSR count). The van der Waals surface area contributed by atoms with Gasteiger partial charge < -0.3 is 10.2 Å². The summed E-state index contributed by atoms with van der Waals surface area (Å²) in [6.45, 7) is 4.40. The van der Waals surface area contributed by atoms with Gasteiger partial charge in [-0.05, 0) is 41.4 Å². The maximum atomic E-state index is 14.4. The number of nitrogens with zero attached hydrogens (tertiary/aromatic N) is 2. The Hall–Kier alpha value is -3.44. The van der Waals surface area contributed by atoms with E-state index in [2.05, 4.69) is 64.8 Å². The Kier molecular flexibility index (Phi) is 6.33. The van der Waals surface area contributed by atoms with Crippen LogP contribution in [0, 0.1) is 17.8 Å². The largest absolute Gasteiger partial charge is 0.350 e. The predicted molar refractivity (Wildman–Crippen MR) is 144 cm³/mol. The third-order valence-electron chi connectivity index (χ3n) is 8.97. The van der Waals surface area contributed by atoms with E-state index in [1.165, 1.54) is 11.1 Å². The number of nitrogens with one attached hydrogen (secondary N) is 1. The van der Waals surface area contributed by atoms with Crippen LogP contribution in [-0.2, 0) is 29.1 Å². The molecule has 0 radical (unpaired) electrons. The number of hydrogen-bond donors (Lipinski definition) is 1. The van der Waals surface area contributed by atoms with Crippen LogP contribution >= 0.6 is 0 Å². The standard InChI is InChI=1S/C32H35N3O2/c1-23(36)35-21-27-18-28-22-34(20-26-15-9-4-10-16-26)30(29(27)17-24-11-5-2-6-12-24)32(28,35)31(37)33-19-25-13-7-3-8-14-25/h2-16,27-30H,17-22H2,1H3,(H,33,37)/t27-,28-,29+,30-,32-/m0/s1. The van der Waals surface area contributed by atoms with Gasteiger partial charge in [-0.1, -0.05) is 91.0 Å². The van der Waals surface area contributed by atoms with Crippen molar-refractivity contribution in [3.8, 4) is 0 Å². The highest BCUT2D eigenvalue weighted by molar-refractivity contribution is 5.93. The Morgan fingerprint density at radius 2 is 1.43 bits per heavy atom. The van der Waals surface area contributed by atoms with Crippen LogP contribution in [0.5, 0.6) is 0 Å². The molecule has 1 aliphatic carbocycles. The van der Waals surface area contributed by atoms with Crippen LogP contribution in [0.25, 0.3) is 0 Å². The molecule has 3 saturated heterocycles. The third-order valence-corrected chi connectivity index (χ3v) is 8.97. The van der Waals surface area contributed by atoms with Crippen LogP contribution in [-0.4, -0.2) is 46.3 Å². The molecule has 3 aromatic rings. The van der Waals surface area contributed by atoms with E-state index in [0.29, 0.717) is 24.9 Å². The first-order valence-corrected chi connectivity index (χ1v) is 13.5. The number of piperidine rings is 2. The van der Waals surface area contributed by atoms with Crippen LogP contribution in [0.15, 0.2) is 91.0 Å². The summed E-state index contributed by atoms with van der Waals surface area (Å²) in [5, 5.41) is 3.28. The highest BCUT2D eigenvalue weighted by atomic mass is 16.2. The summed E-state index contributed by atoms with van der Waals surface area (Å²) in [5.74, 6) is 0.848. The van der Waals surface area contributed by atoms with Gasteiger partial charge in [0.2, 0.25) is 11.8 Å². The molecule has 5 nitrogen and oxygen atoms in total. The smallest absolute Gasteiger partial charge is 0.248 e. The Morgan fingerprint density at radius 1 is 0.838 bits per heavy atom. The van der Waals surface area contributed by atoms with E-state index in [1.54, 1.807) is 6.92 Å². The van der Waals surface area contributed by atoms with Gasteiger partial charge in [0.25, 0.3) is 0 Å². The van der Waals surface area contributed by atoms with Gasteiger partial charge in [-0.2, -0.15) is 0 Å². The predicted octanol–water partition coefficient (Wildman–Crippen LogP) is 4.28. The number of carbonyl (C=O) groups is 2. The van der Waals surface area contributed by atoms with Gasteiger partial charge in [0.1, 0.15) is 5.54 Å². The van der Waals surface area contributed by atoms with E-state index < -0.39 is 5.54 Å². The average Bonchev–Trinajstić information content (AvgIpc) is 3.19. The van der Waals surface area contributed by atoms with Crippen LogP contribution in [0.1, 0.15) is 30.0 Å². The van der Waals surface area contributed by atoms with Crippen molar-refractivity contribution in [2.45, 2.75) is 44.4 Å². The molecule has 0 unspecified atom stereocenters. The minimum absolute atomic E-state index is 0.00771. The highest BCUT2D eigenvalue weighted by Crippen LogP contribution is 2.57. The van der Waals surface area contributed by atoms with Gasteiger partial charge >= 0.3 is 0 Å². The molecule has 190 valence electrons. The zero-order chi connectivity index (χ0) is 25.4. The lowest BCUT2D eigenvalue weighted by atomic mass is 9.57. The molecule has 5 heteroatoms. The molecule has 5 atom stereocenters. The van der Waals surface area contributed by atoms with Crippen molar-refractivity contribution >= 4 is 11.8 Å². The fourth-order valence-corrected chi connectivity index (χ4v) is 7.58. The summed E-state index contributed by atoms with van der Waals surface area (Å²) >= 11 is 0. The quantitative estimate of drug-likeness (QED) is 0.535. The minimum atomic E-state index is -0.844. The summed E-state index contributed by atoms with van der Waals surface area (Å²) in [6.07, 6.45) is 1.91. The lowest BCUT2D eigenvalue weighted by molar-refractivity contribution is -0.172. The molecule has 0 spiro atoms. The molecule has 2 amide bonds. The molecule has 4 aliphatic rings. The van der Waals surface area contributed by atoms with Gasteiger partial charge in [-0.3, -0.25) is 14.5 Å². The van der Waals surface area contributed by atoms with Crippen LogP contribution in [0.2, 0.25) is 0 Å². The topological polar surface area (TPSA) is 52.7 Å². The highest BCUT2D eigenvalue weighted by Gasteiger charge is 2.71. The van der Waals surface area contributed by atoms with Crippen molar-refractivity contribution in [3.05, 3.63) is 108 Å². The summed E-state index contributed by atoms with van der Waals surface area (Å²) in [6, 6.07) is 31.2. The zero-order valence-corrected chi connectivity index (χ0v) is 21.4. The molecule has 3 aliphatic heterocycles. The van der Waals surface area contributed by atoms with Crippen LogP contribution in [0.4, 0.5) is 0 Å². The van der Waals surface area contributed by atoms with Crippen molar-refractivity contribution in [2.24, 2.45) is 17.8 Å². The van der Waals surface area contributed by atoms with E-state index in [-0.39, 0.29) is 23.8 Å². The lowest BCUT2D eigenvalue weighted by Gasteiger charge is -2.61. The molecule has 3 aromatic carbocycles. The molecular formula is C32H35N3O2. The van der Waals surface area contributed by atoms with Gasteiger partial charge in [-0.25, -0.2) is 0 Å². The van der Waals surface area contributed by atoms with Crippen molar-refractivity contribution in [2.75, 3.05) is 13.1 Å². The fraction of sp³-hybridized carbons (Fsp3) is 0.375. The molecular weight excluding hydrogens is 458 g/mol. The molecule has 37 heavy (non-hydrogen) atoms. The molecule has 0 aromatic heterocycles. The second-order valence-corrected chi connectivity index (χ2v) is 11.0. The first kappa shape index (κ1) is 23.9. The van der Waals surface area contributed by atoms with Gasteiger partial charge in [0.15, 0.2) is 0 Å². The van der Waals surface area contributed by atoms with E-state index in [0.717, 1.165) is 31.5 Å². The summed E-state index contributed by atoms with van der Waals surface area (Å²) < 4.78 is 0. The first-order valence-electron chi connectivity index (χ1n) is 13.5. The number of fused-ring (bicyclic) bond motifs is 1. The number of amides is 2. The second kappa shape index (κ2) is 9.79. The van der Waals surface area contributed by atoms with E-state index >= 15 is 0 Å². The van der Waals surface area contributed by atoms with Crippen molar-refractivity contribution < 1.29 is 9.59 Å². The Balaban J connectivity index is 1.40. The Labute approximate surface area is 219 Å². The molecule has 4 fully saturated rings. The second-order valence-electron chi connectivity index (χ2n) is 11.0. The van der Waals surface area contributed by atoms with Crippen molar-refractivity contribution in [3.63, 3.8) is 0 Å². The maximum absolute atomic E-state index is 14.4. The van der Waals surface area contributed by atoms with Gasteiger partial charge in [0.05, 0.1) is 0 Å². The molecule has 1 N–H and O–H groups in total. The van der Waals surface area contributed by atoms with Crippen LogP contribution < -0.4 is 5.32 Å². The van der Waals surface area contributed by atoms with E-state index in [1.807, 2.05) is 41.3 Å². The lowest BCUT2D eigenvalue weighted by Crippen LogP contribution is -2.77. The summed E-state index contributed by atoms with van der Waals surface area (Å²) in [5.41, 5.74) is 2.78. The normalized spacial score (nSPS) is 28.3. The SMILES string of the molecule is CC(=O)N1C[C@@H]2C[C@H]3CN(Cc4ccccc4)[C@@H]([C@@H]2Cc2ccccc2)[C@]31C(=O)NCc1ccccc1. The van der Waals surface area contributed by atoms with Crippen LogP contribution in [0.3, 0.4) is 0 Å². The van der Waals surface area contributed by atoms with E-state index in [9.17, 15) is 9.59 Å². The number of carbonyl (C=O) groups excluding carboxylic acids is 2. The number of likely N-dealkylation sites (tertiary alicyclic amines) is 1. The molecule has 3 heterocycles. The Morgan fingerprint density at radius 3 is 2.05 bits per heavy atom. The summed E-state index contributed by atoms with van der Waals surface area (Å²) in [7, 11) is 0. The average molecular weight is 494 g/mol. The van der Waals surface area contributed by atoms with Crippen molar-refractivity contribution in [1.29, 1.82) is 0 Å². The van der Waals surface area contributed by atoms with Gasteiger partial charge in [-0.15, -0.1) is 0 Å². The number of benzene rings is 3. The number of hydrogen-bond acceptors (Lipinski definition) is 3. The molecule has 1 saturated carbocycles. The zero-order valence-electron chi connectivity index (χ0n) is 21.4. The number of rotatable bonds is 7. The third kappa shape index (κ3) is 4.15. The summed E-state index contributed by atoms with van der Waals surface area (Å²) in [4.78, 5) is 32.0. The van der Waals surface area contributed by atoms with Crippen molar-refractivity contribution in [1.82, 2.24) is 15.1 Å². The molecule has 4 bridgehead atoms. The first-order chi connectivity index (χ1) is 18.1. The maximum Gasteiger partial charge on any atom is 0.248 e. The minimum Gasteiger partial charge on any atom is -0.350 e. The van der Waals surface area contributed by atoms with E-state index in [4.69, 9.17) is 0 Å².